The van der Waals surface area contributed by atoms with Crippen molar-refractivity contribution in [1.82, 2.24) is 25.3 Å². The Morgan fingerprint density at radius 1 is 1.16 bits per heavy atom. The van der Waals surface area contributed by atoms with E-state index in [2.05, 4.69) is 46.4 Å². The van der Waals surface area contributed by atoms with E-state index in [-0.39, 0.29) is 11.6 Å². The van der Waals surface area contributed by atoms with Gasteiger partial charge in [0.2, 0.25) is 5.88 Å². The second kappa shape index (κ2) is 9.93. The summed E-state index contributed by atoms with van der Waals surface area (Å²) in [6.07, 6.45) is 9.19. The molecule has 1 saturated carbocycles. The molecule has 3 N–H and O–H groups in total. The summed E-state index contributed by atoms with van der Waals surface area (Å²) in [4.78, 5) is 14.9. The van der Waals surface area contributed by atoms with Crippen LogP contribution in [-0.2, 0) is 18.3 Å². The van der Waals surface area contributed by atoms with Gasteiger partial charge in [-0.15, -0.1) is 0 Å². The Bertz CT molecular complexity index is 1620. The molecular formula is C33H40N8O2. The van der Waals surface area contributed by atoms with Crippen LogP contribution in [0.2, 0.25) is 0 Å². The fourth-order valence-electron chi connectivity index (χ4n) is 8.44. The maximum Gasteiger partial charge on any atom is 0.219 e. The number of nitrogen functional groups attached to an aromatic ring is 1. The number of hydrogen-bond acceptors (Lipinski definition) is 10. The molecule has 0 amide bonds. The fraction of sp³-hybridized carbons (Fsp3) is 0.576. The van der Waals surface area contributed by atoms with E-state index in [9.17, 15) is 5.26 Å². The summed E-state index contributed by atoms with van der Waals surface area (Å²) in [5.41, 5.74) is 11.2. The van der Waals surface area contributed by atoms with Crippen molar-refractivity contribution >= 4 is 11.5 Å². The van der Waals surface area contributed by atoms with Gasteiger partial charge in [-0.05, 0) is 95.5 Å². The number of ether oxygens (including phenoxy) is 1. The number of fused-ring (bicyclic) bond motifs is 4. The van der Waals surface area contributed by atoms with E-state index in [0.717, 1.165) is 87.4 Å². The number of piperazine rings is 1. The van der Waals surface area contributed by atoms with E-state index in [1.165, 1.54) is 24.8 Å². The van der Waals surface area contributed by atoms with E-state index in [0.29, 0.717) is 34.7 Å². The first-order chi connectivity index (χ1) is 20.9. The Hall–Kier alpha value is -3.68. The first-order valence-corrected chi connectivity index (χ1v) is 16.0. The first kappa shape index (κ1) is 26.9. The summed E-state index contributed by atoms with van der Waals surface area (Å²) in [5.74, 6) is 2.87. The summed E-state index contributed by atoms with van der Waals surface area (Å²) in [6.45, 7) is 5.99. The van der Waals surface area contributed by atoms with Gasteiger partial charge in [-0.3, -0.25) is 4.90 Å². The smallest absolute Gasteiger partial charge is 0.219 e. The number of aromatic nitrogens is 3. The average molecular weight is 581 g/mol. The summed E-state index contributed by atoms with van der Waals surface area (Å²) < 4.78 is 12.9. The quantitative estimate of drug-likeness (QED) is 0.428. The molecule has 2 aromatic heterocycles. The Balaban J connectivity index is 1.21. The topological polar surface area (TPSA) is 129 Å². The van der Waals surface area contributed by atoms with E-state index in [1.54, 1.807) is 0 Å². The number of nitrogens with one attached hydrogen (secondary N) is 1. The Morgan fingerprint density at radius 2 is 2.05 bits per heavy atom. The van der Waals surface area contributed by atoms with Gasteiger partial charge in [0.1, 0.15) is 18.0 Å². The van der Waals surface area contributed by atoms with Crippen LogP contribution in [0.15, 0.2) is 22.7 Å². The van der Waals surface area contributed by atoms with Crippen molar-refractivity contribution in [1.29, 1.82) is 5.26 Å². The third-order valence-corrected chi connectivity index (χ3v) is 10.9. The maximum absolute atomic E-state index is 10.1. The molecule has 43 heavy (non-hydrogen) atoms. The van der Waals surface area contributed by atoms with Crippen LogP contribution in [-0.4, -0.2) is 70.9 Å². The van der Waals surface area contributed by atoms with Gasteiger partial charge in [-0.1, -0.05) is 11.2 Å². The summed E-state index contributed by atoms with van der Waals surface area (Å²) in [7, 11) is 2.17. The number of nitriles is 1. The molecule has 3 aromatic rings. The van der Waals surface area contributed by atoms with Gasteiger partial charge in [-0.25, -0.2) is 4.98 Å². The molecule has 3 atom stereocenters. The third kappa shape index (κ3) is 4.31. The zero-order valence-corrected chi connectivity index (χ0v) is 25.2. The first-order valence-electron chi connectivity index (χ1n) is 16.0. The van der Waals surface area contributed by atoms with Gasteiger partial charge in [0.25, 0.3) is 0 Å². The molecule has 1 aromatic carbocycles. The summed E-state index contributed by atoms with van der Waals surface area (Å²) in [6, 6.07) is 8.71. The fourth-order valence-corrected chi connectivity index (χ4v) is 8.44. The lowest BCUT2D eigenvalue weighted by Crippen LogP contribution is -2.52. The van der Waals surface area contributed by atoms with Crippen molar-refractivity contribution in [3.63, 3.8) is 0 Å². The third-order valence-electron chi connectivity index (χ3n) is 10.9. The number of rotatable bonds is 5. The van der Waals surface area contributed by atoms with Crippen LogP contribution in [0.3, 0.4) is 0 Å². The van der Waals surface area contributed by atoms with Crippen LogP contribution in [0, 0.1) is 11.3 Å². The molecule has 10 nitrogen and oxygen atoms in total. The molecule has 8 rings (SSSR count). The zero-order chi connectivity index (χ0) is 29.3. The molecule has 5 aliphatic rings. The second-order valence-corrected chi connectivity index (χ2v) is 13.5. The van der Waals surface area contributed by atoms with Crippen molar-refractivity contribution < 1.29 is 9.26 Å². The molecular weight excluding hydrogens is 540 g/mol. The molecule has 3 aliphatic carbocycles. The predicted molar refractivity (Wildman–Crippen MR) is 163 cm³/mol. The van der Waals surface area contributed by atoms with Crippen LogP contribution in [0.5, 0.6) is 5.88 Å². The van der Waals surface area contributed by atoms with E-state index in [4.69, 9.17) is 25.0 Å². The van der Waals surface area contributed by atoms with Crippen LogP contribution in [0.1, 0.15) is 79.9 Å². The molecule has 224 valence electrons. The van der Waals surface area contributed by atoms with Crippen molar-refractivity contribution in [3.8, 4) is 23.5 Å². The highest BCUT2D eigenvalue weighted by molar-refractivity contribution is 5.68. The molecule has 0 radical (unpaired) electrons. The normalized spacial score (nSPS) is 26.3. The molecule has 2 aliphatic heterocycles. The van der Waals surface area contributed by atoms with Crippen LogP contribution in [0.4, 0.5) is 11.5 Å². The maximum atomic E-state index is 10.1. The zero-order valence-electron chi connectivity index (χ0n) is 25.2. The van der Waals surface area contributed by atoms with Crippen LogP contribution < -0.4 is 20.7 Å². The van der Waals surface area contributed by atoms with E-state index < -0.39 is 5.41 Å². The predicted octanol–water partition coefficient (Wildman–Crippen LogP) is 3.96. The minimum atomic E-state index is -0.399. The number of aryl methyl sites for hydroxylation is 1. The van der Waals surface area contributed by atoms with Gasteiger partial charge in [0.05, 0.1) is 11.0 Å². The Labute approximate surface area is 252 Å². The van der Waals surface area contributed by atoms with Gasteiger partial charge < -0.3 is 25.2 Å². The molecule has 2 spiro atoms. The molecule has 3 fully saturated rings. The minimum absolute atomic E-state index is 0.000224. The number of likely N-dealkylation sites (tertiary alicyclic amines) is 1. The van der Waals surface area contributed by atoms with Crippen molar-refractivity contribution in [2.75, 3.05) is 43.9 Å². The molecule has 2 saturated heterocycles. The molecule has 0 bridgehead atoms. The monoisotopic (exact) mass is 580 g/mol. The lowest BCUT2D eigenvalue weighted by molar-refractivity contribution is 0.117. The van der Waals surface area contributed by atoms with Crippen molar-refractivity contribution in [3.05, 3.63) is 46.2 Å². The molecule has 3 unspecified atom stereocenters. The number of anilines is 2. The standard InChI is InChI=1S/C33H40N8O2/c1-20(25-6-4-15-40(25)2)42-27-17-26(41-16-14-36-32(19-41)12-13-32)37-31(38-27)29-22-5-3-10-33(30(22)43-39-29)11-9-21-7-8-24(35)23(18-34)28(21)33/h7-8,17,20,25,36H,3-6,9-16,19,35H2,1-2H3. The number of nitrogens with two attached hydrogens (primary N) is 1. The highest BCUT2D eigenvalue weighted by Gasteiger charge is 2.50. The SMILES string of the molecule is CC(Oc1cc(N2CCNC3(CC3)C2)nc(-c2noc3c2CCCC32CCc3ccc(N)c(C#N)c32)n1)C1CCCN1C. The summed E-state index contributed by atoms with van der Waals surface area (Å²) in [5, 5.41) is 18.5. The van der Waals surface area contributed by atoms with E-state index >= 15 is 0 Å². The number of hydrogen-bond donors (Lipinski definition) is 2. The van der Waals surface area contributed by atoms with Gasteiger partial charge >= 0.3 is 0 Å². The molecule has 4 heterocycles. The Kier molecular flexibility index (Phi) is 6.21. The van der Waals surface area contributed by atoms with Crippen molar-refractivity contribution in [2.24, 2.45) is 0 Å². The Morgan fingerprint density at radius 3 is 2.84 bits per heavy atom. The lowest BCUT2D eigenvalue weighted by Gasteiger charge is -2.35. The van der Waals surface area contributed by atoms with Gasteiger partial charge in [0.15, 0.2) is 17.3 Å². The van der Waals surface area contributed by atoms with Gasteiger partial charge in [0, 0.05) is 48.5 Å². The van der Waals surface area contributed by atoms with Crippen LogP contribution in [0.25, 0.3) is 11.5 Å². The number of nitrogens with zero attached hydrogens (tertiary/aromatic N) is 6. The largest absolute Gasteiger partial charge is 0.473 e. The number of likely N-dealkylation sites (N-methyl/N-ethyl adjacent to an activating group) is 1. The highest BCUT2D eigenvalue weighted by atomic mass is 16.5. The second-order valence-electron chi connectivity index (χ2n) is 13.5. The number of benzene rings is 1. The van der Waals surface area contributed by atoms with Crippen molar-refractivity contribution in [2.45, 2.75) is 87.8 Å². The highest BCUT2D eigenvalue weighted by Crippen LogP contribution is 2.54. The van der Waals surface area contributed by atoms with Crippen LogP contribution >= 0.6 is 0 Å². The summed E-state index contributed by atoms with van der Waals surface area (Å²) >= 11 is 0. The average Bonchev–Trinajstić information content (AvgIpc) is 3.33. The van der Waals surface area contributed by atoms with Gasteiger partial charge in [-0.2, -0.15) is 10.2 Å². The lowest BCUT2D eigenvalue weighted by atomic mass is 9.68. The molecule has 10 heteroatoms. The van der Waals surface area contributed by atoms with E-state index in [1.807, 2.05) is 12.1 Å². The minimum Gasteiger partial charge on any atom is -0.473 e.